The van der Waals surface area contributed by atoms with Gasteiger partial charge in [-0.05, 0) is 108 Å². The van der Waals surface area contributed by atoms with Gasteiger partial charge in [0.25, 0.3) is 0 Å². The number of alkyl halides is 1. The van der Waals surface area contributed by atoms with E-state index in [-0.39, 0.29) is 29.7 Å². The molecule has 1 N–H and O–H groups in total. The van der Waals surface area contributed by atoms with Gasteiger partial charge in [0.2, 0.25) is 0 Å². The number of carboxylic acid groups (broad SMARTS) is 1. The number of rotatable bonds is 8. The van der Waals surface area contributed by atoms with Gasteiger partial charge in [0, 0.05) is 13.1 Å². The van der Waals surface area contributed by atoms with Crippen molar-refractivity contribution in [3.05, 3.63) is 105 Å². The number of carboxylic acids is 1. The second kappa shape index (κ2) is 13.1. The highest BCUT2D eigenvalue weighted by Gasteiger charge is 2.25. The van der Waals surface area contributed by atoms with Crippen molar-refractivity contribution in [2.24, 2.45) is 5.92 Å². The first-order valence-electron chi connectivity index (χ1n) is 13.4. The molecule has 0 bridgehead atoms. The first kappa shape index (κ1) is 29.3. The van der Waals surface area contributed by atoms with E-state index in [4.69, 9.17) is 11.6 Å². The average Bonchev–Trinajstić information content (AvgIpc) is 3.27. The van der Waals surface area contributed by atoms with Crippen LogP contribution in [-0.4, -0.2) is 42.3 Å². The summed E-state index contributed by atoms with van der Waals surface area (Å²) >= 11 is 6.48. The van der Waals surface area contributed by atoms with Crippen molar-refractivity contribution in [1.29, 1.82) is 0 Å². The Hall–Kier alpha value is -2.73. The van der Waals surface area contributed by atoms with E-state index < -0.39 is 11.8 Å². The van der Waals surface area contributed by atoms with E-state index in [0.717, 1.165) is 73.2 Å². The van der Waals surface area contributed by atoms with Gasteiger partial charge in [-0.15, -0.1) is 12.4 Å². The first-order valence-corrected chi connectivity index (χ1v) is 13.7. The molecule has 206 valence electrons. The largest absolute Gasteiger partial charge is 0.478 e. The molecular formula is C32H33Cl2F2NO2. The smallest absolute Gasteiger partial charge is 0.335 e. The molecule has 2 aliphatic rings. The zero-order chi connectivity index (χ0) is 26.6. The van der Waals surface area contributed by atoms with Crippen LogP contribution in [-0.2, 0) is 12.8 Å². The molecule has 5 rings (SSSR count). The van der Waals surface area contributed by atoms with Gasteiger partial charge < -0.3 is 10.0 Å². The number of carbonyl (C=O) groups is 1. The Kier molecular flexibility index (Phi) is 9.81. The maximum Gasteiger partial charge on any atom is 0.335 e. The number of aromatic carboxylic acids is 1. The molecule has 1 atom stereocenters. The Balaban J connectivity index is 0.00000353. The molecule has 0 radical (unpaired) electrons. The molecule has 0 amide bonds. The van der Waals surface area contributed by atoms with Crippen molar-refractivity contribution < 1.29 is 18.7 Å². The highest BCUT2D eigenvalue weighted by atomic mass is 35.5. The molecule has 3 nitrogen and oxygen atoms in total. The maximum atomic E-state index is 14.5. The minimum absolute atomic E-state index is 0. The fraction of sp³-hybridized carbons (Fsp3) is 0.344. The normalized spacial score (nSPS) is 17.5. The van der Waals surface area contributed by atoms with Crippen LogP contribution in [0.1, 0.15) is 63.9 Å². The number of hydrogen-bond donors (Lipinski definition) is 1. The van der Waals surface area contributed by atoms with Gasteiger partial charge in [-0.2, -0.15) is 0 Å². The predicted octanol–water partition coefficient (Wildman–Crippen LogP) is 8.12. The van der Waals surface area contributed by atoms with Gasteiger partial charge in [0.05, 0.1) is 17.3 Å². The van der Waals surface area contributed by atoms with Gasteiger partial charge in [0.15, 0.2) is 0 Å². The number of likely N-dealkylation sites (tertiary alicyclic amines) is 1. The minimum Gasteiger partial charge on any atom is -0.478 e. The van der Waals surface area contributed by atoms with Crippen molar-refractivity contribution >= 4 is 41.1 Å². The number of hydrogen-bond acceptors (Lipinski definition) is 2. The van der Waals surface area contributed by atoms with Crippen LogP contribution < -0.4 is 0 Å². The Morgan fingerprint density at radius 1 is 1.05 bits per heavy atom. The fourth-order valence-corrected chi connectivity index (χ4v) is 6.20. The number of fused-ring (bicyclic) bond motifs is 1. The number of nitrogens with zero attached hydrogens (tertiary/aromatic N) is 1. The summed E-state index contributed by atoms with van der Waals surface area (Å²) in [4.78, 5) is 14.0. The molecular weight excluding hydrogens is 539 g/mol. The van der Waals surface area contributed by atoms with Crippen molar-refractivity contribution in [3.63, 3.8) is 0 Å². The van der Waals surface area contributed by atoms with E-state index >= 15 is 0 Å². The molecule has 0 spiro atoms. The third-order valence-corrected chi connectivity index (χ3v) is 8.20. The van der Waals surface area contributed by atoms with Crippen LogP contribution in [0, 0.1) is 11.7 Å². The molecule has 1 unspecified atom stereocenters. The van der Waals surface area contributed by atoms with Crippen LogP contribution >= 0.6 is 24.0 Å². The number of aryl methyl sites for hydroxylation is 1. The van der Waals surface area contributed by atoms with E-state index in [1.54, 1.807) is 18.2 Å². The van der Waals surface area contributed by atoms with E-state index in [1.807, 2.05) is 12.1 Å². The van der Waals surface area contributed by atoms with Crippen LogP contribution in [0.15, 0.2) is 60.7 Å². The molecule has 1 heterocycles. The highest BCUT2D eigenvalue weighted by Crippen LogP contribution is 2.42. The SMILES string of the molecule is Cl.O=C(O)c1ccc2c(c1)CCCC(c1cccc(F)c1Cl)=C2c1ccc(CC2CCN(CCCF)C2)cc1. The monoisotopic (exact) mass is 571 g/mol. The van der Waals surface area contributed by atoms with E-state index in [0.29, 0.717) is 24.3 Å². The molecule has 1 aliphatic carbocycles. The summed E-state index contributed by atoms with van der Waals surface area (Å²) in [6, 6.07) is 18.8. The summed E-state index contributed by atoms with van der Waals surface area (Å²) in [5, 5.41) is 9.66. The summed E-state index contributed by atoms with van der Waals surface area (Å²) in [6.07, 6.45) is 4.94. The van der Waals surface area contributed by atoms with Crippen LogP contribution in [0.3, 0.4) is 0 Å². The minimum atomic E-state index is -0.949. The Morgan fingerprint density at radius 3 is 2.59 bits per heavy atom. The second-order valence-electron chi connectivity index (χ2n) is 10.4. The van der Waals surface area contributed by atoms with Crippen molar-refractivity contribution in [2.75, 3.05) is 26.3 Å². The summed E-state index contributed by atoms with van der Waals surface area (Å²) in [6.45, 7) is 2.60. The van der Waals surface area contributed by atoms with Gasteiger partial charge >= 0.3 is 5.97 Å². The molecule has 0 saturated carbocycles. The zero-order valence-corrected chi connectivity index (χ0v) is 23.3. The van der Waals surface area contributed by atoms with E-state index in [1.165, 1.54) is 11.6 Å². The lowest BCUT2D eigenvalue weighted by molar-refractivity contribution is 0.0696. The second-order valence-corrected chi connectivity index (χ2v) is 10.8. The summed E-state index contributed by atoms with van der Waals surface area (Å²) < 4.78 is 27.1. The number of allylic oxidation sites excluding steroid dienone is 1. The van der Waals surface area contributed by atoms with Gasteiger partial charge in [-0.1, -0.05) is 54.1 Å². The van der Waals surface area contributed by atoms with Gasteiger partial charge in [-0.3, -0.25) is 4.39 Å². The van der Waals surface area contributed by atoms with Gasteiger partial charge in [0.1, 0.15) is 5.82 Å². The Morgan fingerprint density at radius 2 is 1.85 bits per heavy atom. The topological polar surface area (TPSA) is 40.5 Å². The van der Waals surface area contributed by atoms with Crippen LogP contribution in [0.25, 0.3) is 11.1 Å². The number of benzene rings is 3. The third kappa shape index (κ3) is 6.54. The van der Waals surface area contributed by atoms with Gasteiger partial charge in [-0.25, -0.2) is 9.18 Å². The molecule has 39 heavy (non-hydrogen) atoms. The lowest BCUT2D eigenvalue weighted by Gasteiger charge is -2.19. The fourth-order valence-electron chi connectivity index (χ4n) is 5.96. The molecule has 1 saturated heterocycles. The lowest BCUT2D eigenvalue weighted by Crippen LogP contribution is -2.22. The Bertz CT molecular complexity index is 1360. The zero-order valence-electron chi connectivity index (χ0n) is 21.8. The average molecular weight is 573 g/mol. The molecule has 3 aromatic rings. The van der Waals surface area contributed by atoms with E-state index in [2.05, 4.69) is 29.2 Å². The highest BCUT2D eigenvalue weighted by molar-refractivity contribution is 6.33. The summed E-state index contributed by atoms with van der Waals surface area (Å²) in [5.41, 5.74) is 7.11. The molecule has 3 aromatic carbocycles. The molecule has 1 fully saturated rings. The van der Waals surface area contributed by atoms with E-state index in [9.17, 15) is 18.7 Å². The predicted molar refractivity (Wildman–Crippen MR) is 156 cm³/mol. The quantitative estimate of drug-likeness (QED) is 0.297. The van der Waals surface area contributed by atoms with Crippen LogP contribution in [0.5, 0.6) is 0 Å². The Labute approximate surface area is 239 Å². The first-order chi connectivity index (χ1) is 18.4. The third-order valence-electron chi connectivity index (χ3n) is 7.82. The summed E-state index contributed by atoms with van der Waals surface area (Å²) in [5.74, 6) is -0.834. The molecule has 7 heteroatoms. The molecule has 1 aliphatic heterocycles. The van der Waals surface area contributed by atoms with Crippen molar-refractivity contribution in [2.45, 2.75) is 38.5 Å². The molecule has 0 aromatic heterocycles. The van der Waals surface area contributed by atoms with Crippen LogP contribution in [0.2, 0.25) is 5.02 Å². The lowest BCUT2D eigenvalue weighted by atomic mass is 9.86. The van der Waals surface area contributed by atoms with Crippen molar-refractivity contribution in [3.8, 4) is 0 Å². The standard InChI is InChI=1S/C32H32ClF2NO2.ClH/c33-31-28(6-2-7-29(31)35)27-5-1-4-24-19-25(32(37)38)12-13-26(24)30(27)23-10-8-21(9-11-23)18-22-14-17-36(20-22)16-3-15-34;/h2,6-13,19,22H,1,3-5,14-18,20H2,(H,37,38);1H. The number of halogens is 4. The summed E-state index contributed by atoms with van der Waals surface area (Å²) in [7, 11) is 0. The van der Waals surface area contributed by atoms with Crippen molar-refractivity contribution in [1.82, 2.24) is 4.90 Å². The van der Waals surface area contributed by atoms with Crippen LogP contribution in [0.4, 0.5) is 8.78 Å². The maximum absolute atomic E-state index is 14.5.